The molecule has 1 heterocycles. The lowest BCUT2D eigenvalue weighted by Gasteiger charge is -2.19. The fourth-order valence-corrected chi connectivity index (χ4v) is 4.37. The summed E-state index contributed by atoms with van der Waals surface area (Å²) in [5.41, 5.74) is 1.75. The number of benzene rings is 2. The van der Waals surface area contributed by atoms with Gasteiger partial charge in [-0.2, -0.15) is 0 Å². The van der Waals surface area contributed by atoms with Gasteiger partial charge in [0.2, 0.25) is 4.38 Å². The van der Waals surface area contributed by atoms with Gasteiger partial charge in [0.15, 0.2) is 0 Å². The molecule has 1 unspecified atom stereocenters. The molecule has 3 rings (SSSR count). The molecule has 3 nitrogen and oxygen atoms in total. The first kappa shape index (κ1) is 20.1. The van der Waals surface area contributed by atoms with Crippen LogP contribution in [0.3, 0.4) is 0 Å². The zero-order valence-electron chi connectivity index (χ0n) is 14.0. The second kappa shape index (κ2) is 9.55. The average molecular weight is 441 g/mol. The Balaban J connectivity index is 1.70. The Morgan fingerprint density at radius 2 is 2.00 bits per heavy atom. The molecular formula is C19H15Cl2FN2OS2. The monoisotopic (exact) mass is 440 g/mol. The highest BCUT2D eigenvalue weighted by Gasteiger charge is 2.19. The average Bonchev–Trinajstić information content (AvgIpc) is 3.14. The summed E-state index contributed by atoms with van der Waals surface area (Å²) in [7, 11) is 0. The quantitative estimate of drug-likeness (QED) is 0.419. The molecule has 0 aliphatic carbocycles. The molecule has 1 atom stereocenters. The zero-order chi connectivity index (χ0) is 19.2. The molecule has 1 aromatic heterocycles. The van der Waals surface area contributed by atoms with E-state index in [-0.39, 0.29) is 17.7 Å². The summed E-state index contributed by atoms with van der Waals surface area (Å²) >= 11 is 19.2. The molecule has 27 heavy (non-hydrogen) atoms. The number of hydrogen-bond acceptors (Lipinski definition) is 4. The Bertz CT molecular complexity index is 905. The van der Waals surface area contributed by atoms with E-state index in [4.69, 9.17) is 40.2 Å². The van der Waals surface area contributed by atoms with E-state index < -0.39 is 0 Å². The normalized spacial score (nSPS) is 12.0. The predicted octanol–water partition coefficient (Wildman–Crippen LogP) is 6.31. The van der Waals surface area contributed by atoms with Crippen molar-refractivity contribution in [3.05, 3.63) is 88.2 Å². The van der Waals surface area contributed by atoms with Gasteiger partial charge in [-0.25, -0.2) is 9.37 Å². The Morgan fingerprint density at radius 3 is 2.67 bits per heavy atom. The fourth-order valence-electron chi connectivity index (χ4n) is 2.42. The molecule has 3 aromatic rings. The molecule has 0 aliphatic rings. The second-order valence-corrected chi connectivity index (χ2v) is 8.35. The van der Waals surface area contributed by atoms with Gasteiger partial charge in [-0.1, -0.05) is 53.2 Å². The highest BCUT2D eigenvalue weighted by molar-refractivity contribution is 8.22. The number of imidazole rings is 1. The summed E-state index contributed by atoms with van der Waals surface area (Å²) in [5, 5.41) is 1.07. The van der Waals surface area contributed by atoms with Crippen molar-refractivity contribution in [2.45, 2.75) is 18.4 Å². The van der Waals surface area contributed by atoms with Crippen LogP contribution in [0.5, 0.6) is 0 Å². The third kappa shape index (κ3) is 5.94. The van der Waals surface area contributed by atoms with Gasteiger partial charge in [-0.05, 0) is 47.6 Å². The van der Waals surface area contributed by atoms with Gasteiger partial charge in [0.05, 0.1) is 11.6 Å². The van der Waals surface area contributed by atoms with Gasteiger partial charge in [0, 0.05) is 29.0 Å². The molecule has 8 heteroatoms. The molecule has 0 spiro atoms. The Hall–Kier alpha value is -1.60. The lowest BCUT2D eigenvalue weighted by atomic mass is 10.1. The number of thioether (sulfide) groups is 1. The molecule has 0 radical (unpaired) electrons. The van der Waals surface area contributed by atoms with E-state index in [1.165, 1.54) is 23.9 Å². The summed E-state index contributed by atoms with van der Waals surface area (Å²) in [6, 6.07) is 11.5. The summed E-state index contributed by atoms with van der Waals surface area (Å²) in [5.74, 6) is -0.284. The topological polar surface area (TPSA) is 27.1 Å². The van der Waals surface area contributed by atoms with Crippen molar-refractivity contribution < 1.29 is 9.13 Å². The Labute approximate surface area is 176 Å². The van der Waals surface area contributed by atoms with Crippen LogP contribution in [0.4, 0.5) is 4.39 Å². The minimum absolute atomic E-state index is 0.0790. The van der Waals surface area contributed by atoms with Crippen molar-refractivity contribution in [2.75, 3.05) is 0 Å². The van der Waals surface area contributed by atoms with Crippen LogP contribution in [0, 0.1) is 5.82 Å². The van der Waals surface area contributed by atoms with E-state index >= 15 is 0 Å². The fraction of sp³-hybridized carbons (Fsp3) is 0.158. The van der Waals surface area contributed by atoms with Crippen LogP contribution in [-0.2, 0) is 17.9 Å². The lowest BCUT2D eigenvalue weighted by Crippen LogP contribution is -2.09. The molecule has 140 valence electrons. The lowest BCUT2D eigenvalue weighted by molar-refractivity contribution is 0.310. The van der Waals surface area contributed by atoms with Gasteiger partial charge in [-0.3, -0.25) is 0 Å². The second-order valence-electron chi connectivity index (χ2n) is 5.70. The molecule has 2 aromatic carbocycles. The van der Waals surface area contributed by atoms with E-state index in [1.54, 1.807) is 36.8 Å². The zero-order valence-corrected chi connectivity index (χ0v) is 17.2. The van der Waals surface area contributed by atoms with Crippen molar-refractivity contribution in [3.8, 4) is 0 Å². The SMILES string of the molecule is Fc1ccc(COC(=S)SC(Cn2ccnc2)c2ccc(Cl)cc2Cl)cc1. The molecule has 0 N–H and O–H groups in total. The summed E-state index contributed by atoms with van der Waals surface area (Å²) in [4.78, 5) is 4.07. The van der Waals surface area contributed by atoms with Crippen molar-refractivity contribution in [3.63, 3.8) is 0 Å². The molecule has 0 aliphatic heterocycles. The van der Waals surface area contributed by atoms with Crippen molar-refractivity contribution >= 4 is 51.6 Å². The number of aromatic nitrogens is 2. The highest BCUT2D eigenvalue weighted by atomic mass is 35.5. The number of hydrogen-bond donors (Lipinski definition) is 0. The number of ether oxygens (including phenoxy) is 1. The van der Waals surface area contributed by atoms with Gasteiger partial charge in [0.25, 0.3) is 0 Å². The Morgan fingerprint density at radius 1 is 1.22 bits per heavy atom. The smallest absolute Gasteiger partial charge is 0.220 e. The maximum Gasteiger partial charge on any atom is 0.220 e. The van der Waals surface area contributed by atoms with Crippen LogP contribution in [0.15, 0.2) is 61.2 Å². The minimum atomic E-state index is -0.284. The molecule has 0 fully saturated rings. The van der Waals surface area contributed by atoms with E-state index in [1.807, 2.05) is 16.8 Å². The molecule has 0 saturated carbocycles. The molecule has 0 saturated heterocycles. The van der Waals surface area contributed by atoms with Gasteiger partial charge in [0.1, 0.15) is 12.4 Å². The summed E-state index contributed by atoms with van der Waals surface area (Å²) < 4.78 is 21.0. The highest BCUT2D eigenvalue weighted by Crippen LogP contribution is 2.37. The molecular weight excluding hydrogens is 426 g/mol. The van der Waals surface area contributed by atoms with Crippen molar-refractivity contribution in [2.24, 2.45) is 0 Å². The third-order valence-electron chi connectivity index (χ3n) is 3.75. The van der Waals surface area contributed by atoms with Crippen molar-refractivity contribution in [1.29, 1.82) is 0 Å². The molecule has 0 amide bonds. The van der Waals surface area contributed by atoms with Crippen molar-refractivity contribution in [1.82, 2.24) is 9.55 Å². The predicted molar refractivity (Wildman–Crippen MR) is 113 cm³/mol. The van der Waals surface area contributed by atoms with E-state index in [2.05, 4.69) is 4.98 Å². The van der Waals surface area contributed by atoms with Gasteiger partial charge in [-0.15, -0.1) is 0 Å². The standard InChI is InChI=1S/C19H15Cl2FN2OS2/c20-14-3-6-16(17(21)9-14)18(10-24-8-7-23-12-24)27-19(26)25-11-13-1-4-15(22)5-2-13/h1-9,12,18H,10-11H2. The third-order valence-corrected chi connectivity index (χ3v) is 5.72. The number of thiocarbonyl (C=S) groups is 1. The number of halogens is 3. The largest absolute Gasteiger partial charge is 0.474 e. The minimum Gasteiger partial charge on any atom is -0.474 e. The number of nitrogens with zero attached hydrogens (tertiary/aromatic N) is 2. The van der Waals surface area contributed by atoms with Crippen LogP contribution in [-0.4, -0.2) is 13.9 Å². The van der Waals surface area contributed by atoms with Crippen LogP contribution in [0.25, 0.3) is 0 Å². The summed E-state index contributed by atoms with van der Waals surface area (Å²) in [6.07, 6.45) is 5.33. The van der Waals surface area contributed by atoms with Crippen LogP contribution >= 0.6 is 47.2 Å². The van der Waals surface area contributed by atoms with E-state index in [0.717, 1.165) is 11.1 Å². The van der Waals surface area contributed by atoms with Gasteiger partial charge < -0.3 is 9.30 Å². The summed E-state index contributed by atoms with van der Waals surface area (Å²) in [6.45, 7) is 0.893. The molecule has 0 bridgehead atoms. The van der Waals surface area contributed by atoms with Gasteiger partial charge >= 0.3 is 0 Å². The first-order valence-electron chi connectivity index (χ1n) is 8.00. The first-order chi connectivity index (χ1) is 13.0. The van der Waals surface area contributed by atoms with Crippen LogP contribution < -0.4 is 0 Å². The Kier molecular flexibility index (Phi) is 7.13. The van der Waals surface area contributed by atoms with Crippen LogP contribution in [0.1, 0.15) is 16.4 Å². The maximum atomic E-state index is 13.0. The van der Waals surface area contributed by atoms with E-state index in [0.29, 0.717) is 21.0 Å². The first-order valence-corrected chi connectivity index (χ1v) is 10.0. The number of rotatable bonds is 6. The van der Waals surface area contributed by atoms with E-state index in [9.17, 15) is 4.39 Å². The maximum absolute atomic E-state index is 13.0. The van der Waals surface area contributed by atoms with Crippen LogP contribution in [0.2, 0.25) is 10.0 Å².